The second kappa shape index (κ2) is 6.17. The number of hydrogen-bond donors (Lipinski definition) is 1. The Balaban J connectivity index is 2.24. The molecule has 1 aromatic heterocycles. The van der Waals surface area contributed by atoms with Gasteiger partial charge in [-0.2, -0.15) is 5.26 Å². The van der Waals surface area contributed by atoms with Crippen molar-refractivity contribution in [3.05, 3.63) is 46.8 Å². The monoisotopic (exact) mass is 335 g/mol. The number of benzene rings is 1. The predicted molar refractivity (Wildman–Crippen MR) is 84.5 cm³/mol. The molecule has 0 aliphatic heterocycles. The largest absolute Gasteiger partial charge is 0.288 e. The number of para-hydroxylation sites is 1. The van der Waals surface area contributed by atoms with Crippen molar-refractivity contribution in [3.8, 4) is 6.07 Å². The van der Waals surface area contributed by atoms with Crippen LogP contribution in [0.15, 0.2) is 40.6 Å². The van der Waals surface area contributed by atoms with E-state index in [1.165, 1.54) is 11.1 Å². The third-order valence-electron chi connectivity index (χ3n) is 2.79. The van der Waals surface area contributed by atoms with Crippen LogP contribution in [0.25, 0.3) is 0 Å². The first-order valence-electron chi connectivity index (χ1n) is 6.16. The zero-order valence-electron chi connectivity index (χ0n) is 11.9. The van der Waals surface area contributed by atoms with Gasteiger partial charge in [-0.3, -0.25) is 15.2 Å². The van der Waals surface area contributed by atoms with Gasteiger partial charge >= 0.3 is 0 Å². The maximum Gasteiger partial charge on any atom is 0.279 e. The standard InChI is InChI=1S/C14H13N3O3S2/c1-17(11-6-4-3-5-7-11)16-13(18)12-8-10(9-15)14(21-12)22(2,19)20/h3-8H,1-2H3,(H,16,18). The number of hydrazine groups is 1. The molecule has 1 aromatic carbocycles. The van der Waals surface area contributed by atoms with Crippen LogP contribution in [0, 0.1) is 11.3 Å². The summed E-state index contributed by atoms with van der Waals surface area (Å²) in [4.78, 5) is 12.4. The fourth-order valence-electron chi connectivity index (χ4n) is 1.76. The molecule has 8 heteroatoms. The molecule has 114 valence electrons. The van der Waals surface area contributed by atoms with Gasteiger partial charge in [-0.25, -0.2) is 8.42 Å². The lowest BCUT2D eigenvalue weighted by molar-refractivity contribution is 0.0955. The van der Waals surface area contributed by atoms with Crippen LogP contribution in [0.5, 0.6) is 0 Å². The number of nitriles is 1. The Bertz CT molecular complexity index is 836. The van der Waals surface area contributed by atoms with Crippen LogP contribution in [-0.4, -0.2) is 27.6 Å². The summed E-state index contributed by atoms with van der Waals surface area (Å²) in [6.07, 6.45) is 1.01. The topological polar surface area (TPSA) is 90.3 Å². The van der Waals surface area contributed by atoms with Gasteiger partial charge in [-0.1, -0.05) is 18.2 Å². The number of anilines is 1. The van der Waals surface area contributed by atoms with E-state index in [0.717, 1.165) is 23.3 Å². The average molecular weight is 335 g/mol. The summed E-state index contributed by atoms with van der Waals surface area (Å²) in [5.41, 5.74) is 3.39. The first kappa shape index (κ1) is 16.0. The summed E-state index contributed by atoms with van der Waals surface area (Å²) >= 11 is 0.787. The maximum atomic E-state index is 12.2. The van der Waals surface area contributed by atoms with E-state index in [4.69, 9.17) is 5.26 Å². The first-order valence-corrected chi connectivity index (χ1v) is 8.87. The van der Waals surface area contributed by atoms with Crippen LogP contribution >= 0.6 is 11.3 Å². The Morgan fingerprint density at radius 1 is 1.32 bits per heavy atom. The molecule has 1 amide bonds. The van der Waals surface area contributed by atoms with Crippen LogP contribution in [-0.2, 0) is 9.84 Å². The Morgan fingerprint density at radius 2 is 1.95 bits per heavy atom. The van der Waals surface area contributed by atoms with Gasteiger partial charge in [0.25, 0.3) is 5.91 Å². The highest BCUT2D eigenvalue weighted by Crippen LogP contribution is 2.26. The average Bonchev–Trinajstić information content (AvgIpc) is 2.92. The van der Waals surface area contributed by atoms with Crippen molar-refractivity contribution in [3.63, 3.8) is 0 Å². The van der Waals surface area contributed by atoms with E-state index < -0.39 is 15.7 Å². The van der Waals surface area contributed by atoms with E-state index in [9.17, 15) is 13.2 Å². The second-order valence-electron chi connectivity index (χ2n) is 4.53. The zero-order valence-corrected chi connectivity index (χ0v) is 13.5. The van der Waals surface area contributed by atoms with Crippen molar-refractivity contribution in [2.45, 2.75) is 4.21 Å². The summed E-state index contributed by atoms with van der Waals surface area (Å²) < 4.78 is 23.1. The number of hydrogen-bond acceptors (Lipinski definition) is 6. The van der Waals surface area contributed by atoms with E-state index in [2.05, 4.69) is 5.43 Å². The van der Waals surface area contributed by atoms with E-state index in [0.29, 0.717) is 0 Å². The Labute approximate surface area is 132 Å². The molecule has 6 nitrogen and oxygen atoms in total. The number of sulfone groups is 1. The summed E-state index contributed by atoms with van der Waals surface area (Å²) in [7, 11) is -1.87. The molecule has 0 aliphatic rings. The highest BCUT2D eigenvalue weighted by Gasteiger charge is 2.21. The van der Waals surface area contributed by atoms with E-state index in [1.54, 1.807) is 13.1 Å². The number of rotatable bonds is 4. The molecule has 0 aliphatic carbocycles. The van der Waals surface area contributed by atoms with Gasteiger partial charge < -0.3 is 0 Å². The molecule has 0 bridgehead atoms. The molecule has 1 N–H and O–H groups in total. The van der Waals surface area contributed by atoms with Crippen LogP contribution < -0.4 is 10.4 Å². The number of amides is 1. The van der Waals surface area contributed by atoms with Gasteiger partial charge in [0, 0.05) is 13.3 Å². The summed E-state index contributed by atoms with van der Waals surface area (Å²) in [6, 6.07) is 12.2. The van der Waals surface area contributed by atoms with Gasteiger partial charge in [0.1, 0.15) is 10.3 Å². The minimum atomic E-state index is -3.54. The predicted octanol–water partition coefficient (Wildman–Crippen LogP) is 1.80. The van der Waals surface area contributed by atoms with Crippen LogP contribution in [0.4, 0.5) is 5.69 Å². The quantitative estimate of drug-likeness (QED) is 0.861. The summed E-state index contributed by atoms with van der Waals surface area (Å²) in [5, 5.41) is 10.5. The normalized spacial score (nSPS) is 10.8. The summed E-state index contributed by atoms with van der Waals surface area (Å²) in [6.45, 7) is 0. The van der Waals surface area contributed by atoms with Crippen LogP contribution in [0.2, 0.25) is 0 Å². The molecular formula is C14H13N3O3S2. The number of carbonyl (C=O) groups excluding carboxylic acids is 1. The van der Waals surface area contributed by atoms with Crippen LogP contribution in [0.1, 0.15) is 15.2 Å². The molecular weight excluding hydrogens is 322 g/mol. The van der Waals surface area contributed by atoms with E-state index >= 15 is 0 Å². The van der Waals surface area contributed by atoms with Crippen molar-refractivity contribution in [2.75, 3.05) is 18.3 Å². The van der Waals surface area contributed by atoms with Crippen molar-refractivity contribution in [2.24, 2.45) is 0 Å². The van der Waals surface area contributed by atoms with Crippen molar-refractivity contribution >= 4 is 32.8 Å². The minimum absolute atomic E-state index is 0.0139. The van der Waals surface area contributed by atoms with Gasteiger partial charge in [-0.05, 0) is 18.2 Å². The molecule has 0 saturated heterocycles. The number of thiophene rings is 1. The minimum Gasteiger partial charge on any atom is -0.288 e. The van der Waals surface area contributed by atoms with Crippen molar-refractivity contribution in [1.29, 1.82) is 5.26 Å². The molecule has 0 spiro atoms. The molecule has 1 heterocycles. The Kier molecular flexibility index (Phi) is 4.49. The molecule has 2 rings (SSSR count). The van der Waals surface area contributed by atoms with Gasteiger partial charge in [0.05, 0.1) is 16.1 Å². The number of nitrogens with one attached hydrogen (secondary N) is 1. The fraction of sp³-hybridized carbons (Fsp3) is 0.143. The molecule has 0 saturated carbocycles. The van der Waals surface area contributed by atoms with Gasteiger partial charge in [0.2, 0.25) is 0 Å². The number of nitrogens with zero attached hydrogens (tertiary/aromatic N) is 2. The second-order valence-corrected chi connectivity index (χ2v) is 7.79. The zero-order chi connectivity index (χ0) is 16.3. The van der Waals surface area contributed by atoms with Gasteiger partial charge in [-0.15, -0.1) is 11.3 Å². The van der Waals surface area contributed by atoms with Crippen molar-refractivity contribution < 1.29 is 13.2 Å². The lowest BCUT2D eigenvalue weighted by Crippen LogP contribution is -2.38. The molecule has 2 aromatic rings. The van der Waals surface area contributed by atoms with E-state index in [-0.39, 0.29) is 14.6 Å². The van der Waals surface area contributed by atoms with Crippen LogP contribution in [0.3, 0.4) is 0 Å². The maximum absolute atomic E-state index is 12.2. The van der Waals surface area contributed by atoms with Crippen molar-refractivity contribution in [1.82, 2.24) is 5.43 Å². The SMILES string of the molecule is CN(NC(=O)c1cc(C#N)c(S(C)(=O)=O)s1)c1ccccc1. The number of carbonyl (C=O) groups is 1. The first-order chi connectivity index (χ1) is 10.3. The highest BCUT2D eigenvalue weighted by atomic mass is 32.2. The lowest BCUT2D eigenvalue weighted by Gasteiger charge is -2.19. The third-order valence-corrected chi connectivity index (χ3v) is 5.77. The lowest BCUT2D eigenvalue weighted by atomic mass is 10.3. The fourth-order valence-corrected chi connectivity index (χ4v) is 3.87. The molecule has 0 unspecified atom stereocenters. The Morgan fingerprint density at radius 3 is 2.45 bits per heavy atom. The molecule has 22 heavy (non-hydrogen) atoms. The molecule has 0 fully saturated rings. The Hall–Kier alpha value is -2.37. The highest BCUT2D eigenvalue weighted by molar-refractivity contribution is 7.92. The van der Waals surface area contributed by atoms with Gasteiger partial charge in [0.15, 0.2) is 9.84 Å². The van der Waals surface area contributed by atoms with E-state index in [1.807, 2.05) is 30.3 Å². The molecule has 0 radical (unpaired) electrons. The summed E-state index contributed by atoms with van der Waals surface area (Å²) in [5.74, 6) is -0.470. The molecule has 0 atom stereocenters. The smallest absolute Gasteiger partial charge is 0.279 e. The third kappa shape index (κ3) is 3.44.